The number of hydrogen-bond donors (Lipinski definition) is 0. The molecule has 0 aromatic carbocycles. The van der Waals surface area contributed by atoms with Gasteiger partial charge < -0.3 is 9.64 Å². The van der Waals surface area contributed by atoms with Gasteiger partial charge in [-0.1, -0.05) is 0 Å². The van der Waals surface area contributed by atoms with Crippen LogP contribution >= 0.6 is 11.3 Å². The molecular weight excluding hydrogens is 250 g/mol. The number of ketones is 1. The summed E-state index contributed by atoms with van der Waals surface area (Å²) in [6, 6.07) is 1.91. The molecule has 1 rings (SSSR count). The van der Waals surface area contributed by atoms with Gasteiger partial charge in [-0.25, -0.2) is 4.79 Å². The van der Waals surface area contributed by atoms with E-state index in [1.807, 2.05) is 16.8 Å². The third kappa shape index (κ3) is 5.31. The maximum absolute atomic E-state index is 11.7. The topological polar surface area (TPSA) is 46.6 Å². The van der Waals surface area contributed by atoms with Crippen LogP contribution in [0.15, 0.2) is 16.8 Å². The van der Waals surface area contributed by atoms with Gasteiger partial charge in [0.05, 0.1) is 6.54 Å². The summed E-state index contributed by atoms with van der Waals surface area (Å²) in [6.07, 6.45) is -0.113. The van der Waals surface area contributed by atoms with Gasteiger partial charge in [-0.2, -0.15) is 11.3 Å². The second-order valence-electron chi connectivity index (χ2n) is 5.18. The summed E-state index contributed by atoms with van der Waals surface area (Å²) in [6.45, 7) is 5.47. The van der Waals surface area contributed by atoms with Crippen LogP contribution in [-0.2, 0) is 16.0 Å². The smallest absolute Gasteiger partial charge is 0.410 e. The fraction of sp³-hybridized carbons (Fsp3) is 0.538. The number of rotatable bonds is 4. The molecule has 0 aliphatic rings. The third-order valence-electron chi connectivity index (χ3n) is 2.10. The fourth-order valence-corrected chi connectivity index (χ4v) is 2.01. The fourth-order valence-electron chi connectivity index (χ4n) is 1.35. The summed E-state index contributed by atoms with van der Waals surface area (Å²) in [7, 11) is 1.57. The standard InChI is InChI=1S/C13H19NO3S/c1-13(2,3)17-12(16)14(4)8-11(15)7-10-5-6-18-9-10/h5-6,9H,7-8H2,1-4H3. The first-order valence-corrected chi connectivity index (χ1v) is 6.69. The second-order valence-corrected chi connectivity index (χ2v) is 5.96. The molecule has 18 heavy (non-hydrogen) atoms. The van der Waals surface area contributed by atoms with Crippen molar-refractivity contribution >= 4 is 23.2 Å². The molecular formula is C13H19NO3S. The molecule has 100 valence electrons. The SMILES string of the molecule is CN(CC(=O)Cc1ccsc1)C(=O)OC(C)(C)C. The average Bonchev–Trinajstić information content (AvgIpc) is 2.67. The van der Waals surface area contributed by atoms with Gasteiger partial charge in [-0.05, 0) is 43.2 Å². The van der Waals surface area contributed by atoms with Crippen LogP contribution in [0.3, 0.4) is 0 Å². The van der Waals surface area contributed by atoms with Crippen LogP contribution in [-0.4, -0.2) is 36.0 Å². The second kappa shape index (κ2) is 6.00. The zero-order valence-corrected chi connectivity index (χ0v) is 12.0. The molecule has 4 nitrogen and oxygen atoms in total. The number of nitrogens with zero attached hydrogens (tertiary/aromatic N) is 1. The lowest BCUT2D eigenvalue weighted by Gasteiger charge is -2.24. The van der Waals surface area contributed by atoms with Crippen molar-refractivity contribution in [1.82, 2.24) is 4.90 Å². The third-order valence-corrected chi connectivity index (χ3v) is 2.83. The van der Waals surface area contributed by atoms with Crippen molar-refractivity contribution in [3.63, 3.8) is 0 Å². The number of likely N-dealkylation sites (N-methyl/N-ethyl adjacent to an activating group) is 1. The lowest BCUT2D eigenvalue weighted by atomic mass is 10.2. The van der Waals surface area contributed by atoms with Gasteiger partial charge in [0, 0.05) is 13.5 Å². The van der Waals surface area contributed by atoms with Crippen LogP contribution in [0.4, 0.5) is 4.79 Å². The van der Waals surface area contributed by atoms with Crippen LogP contribution in [0.25, 0.3) is 0 Å². The van der Waals surface area contributed by atoms with Crippen molar-refractivity contribution in [2.45, 2.75) is 32.8 Å². The van der Waals surface area contributed by atoms with Crippen molar-refractivity contribution < 1.29 is 14.3 Å². The van der Waals surface area contributed by atoms with Gasteiger partial charge in [-0.15, -0.1) is 0 Å². The monoisotopic (exact) mass is 269 g/mol. The number of amides is 1. The van der Waals surface area contributed by atoms with Gasteiger partial charge in [0.2, 0.25) is 0 Å². The average molecular weight is 269 g/mol. The molecule has 0 bridgehead atoms. The molecule has 0 unspecified atom stereocenters. The van der Waals surface area contributed by atoms with Crippen LogP contribution in [0.1, 0.15) is 26.3 Å². The highest BCUT2D eigenvalue weighted by molar-refractivity contribution is 7.07. The molecule has 0 aliphatic heterocycles. The summed E-state index contributed by atoms with van der Waals surface area (Å²) in [5.74, 6) is 0.00163. The van der Waals surface area contributed by atoms with E-state index in [1.54, 1.807) is 39.2 Å². The Balaban J connectivity index is 2.42. The molecule has 0 fully saturated rings. The van der Waals surface area contributed by atoms with Gasteiger partial charge >= 0.3 is 6.09 Å². The Morgan fingerprint density at radius 2 is 2.06 bits per heavy atom. The number of Topliss-reactive ketones (excluding diaryl/α,β-unsaturated/α-hetero) is 1. The van der Waals surface area contributed by atoms with Crippen molar-refractivity contribution in [1.29, 1.82) is 0 Å². The van der Waals surface area contributed by atoms with E-state index in [4.69, 9.17) is 4.74 Å². The Morgan fingerprint density at radius 3 is 2.56 bits per heavy atom. The predicted octanol–water partition coefficient (Wildman–Crippen LogP) is 2.73. The van der Waals surface area contributed by atoms with E-state index in [0.29, 0.717) is 6.42 Å². The maximum Gasteiger partial charge on any atom is 0.410 e. The first-order chi connectivity index (χ1) is 8.28. The van der Waals surface area contributed by atoms with Crippen LogP contribution in [0.2, 0.25) is 0 Å². The Labute approximate surface area is 112 Å². The highest BCUT2D eigenvalue weighted by Gasteiger charge is 2.21. The van der Waals surface area contributed by atoms with E-state index in [9.17, 15) is 9.59 Å². The van der Waals surface area contributed by atoms with Gasteiger partial charge in [0.15, 0.2) is 5.78 Å². The van der Waals surface area contributed by atoms with E-state index >= 15 is 0 Å². The van der Waals surface area contributed by atoms with Crippen molar-refractivity contribution in [3.8, 4) is 0 Å². The Kier molecular flexibility index (Phi) is 4.90. The number of ether oxygens (including phenoxy) is 1. The molecule has 0 aliphatic carbocycles. The highest BCUT2D eigenvalue weighted by atomic mass is 32.1. The van der Waals surface area contributed by atoms with Gasteiger partial charge in [0.25, 0.3) is 0 Å². The van der Waals surface area contributed by atoms with Crippen molar-refractivity contribution in [2.24, 2.45) is 0 Å². The number of hydrogen-bond acceptors (Lipinski definition) is 4. The molecule has 1 amide bonds. The largest absolute Gasteiger partial charge is 0.444 e. The van der Waals surface area contributed by atoms with Crippen molar-refractivity contribution in [2.75, 3.05) is 13.6 Å². The molecule has 0 atom stereocenters. The summed E-state index contributed by atoms with van der Waals surface area (Å²) >= 11 is 1.56. The minimum atomic E-state index is -0.540. The minimum absolute atomic E-state index is 0.00163. The Bertz CT molecular complexity index is 406. The summed E-state index contributed by atoms with van der Waals surface area (Å²) in [5, 5.41) is 3.87. The quantitative estimate of drug-likeness (QED) is 0.844. The molecule has 5 heteroatoms. The summed E-state index contributed by atoms with van der Waals surface area (Å²) in [5.41, 5.74) is 0.449. The molecule has 0 saturated carbocycles. The van der Waals surface area contributed by atoms with Gasteiger partial charge in [-0.3, -0.25) is 4.79 Å². The van der Waals surface area contributed by atoms with E-state index in [1.165, 1.54) is 4.90 Å². The highest BCUT2D eigenvalue weighted by Crippen LogP contribution is 2.10. The molecule has 0 saturated heterocycles. The first-order valence-electron chi connectivity index (χ1n) is 5.75. The van der Waals surface area contributed by atoms with E-state index < -0.39 is 11.7 Å². The first kappa shape index (κ1) is 14.7. The molecule has 0 N–H and O–H groups in total. The summed E-state index contributed by atoms with van der Waals surface area (Å²) < 4.78 is 5.17. The number of thiophene rings is 1. The number of carbonyl (C=O) groups is 2. The van der Waals surface area contributed by atoms with Crippen LogP contribution < -0.4 is 0 Å². The predicted molar refractivity (Wildman–Crippen MR) is 71.9 cm³/mol. The number of carbonyl (C=O) groups excluding carboxylic acids is 2. The maximum atomic E-state index is 11.7. The molecule has 1 heterocycles. The molecule has 0 spiro atoms. The van der Waals surface area contributed by atoms with Crippen LogP contribution in [0, 0.1) is 0 Å². The zero-order chi connectivity index (χ0) is 13.8. The van der Waals surface area contributed by atoms with E-state index in [0.717, 1.165) is 5.56 Å². The van der Waals surface area contributed by atoms with Gasteiger partial charge in [0.1, 0.15) is 5.60 Å². The zero-order valence-electron chi connectivity index (χ0n) is 11.2. The lowest BCUT2D eigenvalue weighted by Crippen LogP contribution is -2.37. The summed E-state index contributed by atoms with van der Waals surface area (Å²) in [4.78, 5) is 24.7. The van der Waals surface area contributed by atoms with Crippen LogP contribution in [0.5, 0.6) is 0 Å². The van der Waals surface area contributed by atoms with Crippen molar-refractivity contribution in [3.05, 3.63) is 22.4 Å². The molecule has 0 radical (unpaired) electrons. The molecule has 1 aromatic heterocycles. The minimum Gasteiger partial charge on any atom is -0.444 e. The normalized spacial score (nSPS) is 11.1. The van der Waals surface area contributed by atoms with E-state index in [2.05, 4.69) is 0 Å². The Hall–Kier alpha value is -1.36. The van der Waals surface area contributed by atoms with E-state index in [-0.39, 0.29) is 12.3 Å². The Morgan fingerprint density at radius 1 is 1.39 bits per heavy atom. The lowest BCUT2D eigenvalue weighted by molar-refractivity contribution is -0.119. The molecule has 1 aromatic rings.